The summed E-state index contributed by atoms with van der Waals surface area (Å²) < 4.78 is 4.95. The molecule has 0 fully saturated rings. The van der Waals surface area contributed by atoms with Crippen LogP contribution in [0.5, 0.6) is 0 Å². The molecule has 0 bridgehead atoms. The Balaban J connectivity index is 1.91. The fourth-order valence-corrected chi connectivity index (χ4v) is 2.95. The largest absolute Gasteiger partial charge is 0.468 e. The van der Waals surface area contributed by atoms with Gasteiger partial charge in [-0.25, -0.2) is 4.79 Å². The Morgan fingerprint density at radius 1 is 1.17 bits per heavy atom. The summed E-state index contributed by atoms with van der Waals surface area (Å²) in [6.45, 7) is 1.04. The van der Waals surface area contributed by atoms with Gasteiger partial charge in [0.15, 0.2) is 0 Å². The number of benzene rings is 2. The molecule has 3 rings (SSSR count). The molecule has 1 aliphatic heterocycles. The molecule has 2 aromatic rings. The Hall–Kier alpha value is -2.73. The van der Waals surface area contributed by atoms with Crippen LogP contribution in [0.15, 0.2) is 48.5 Å². The Labute approximate surface area is 133 Å². The summed E-state index contributed by atoms with van der Waals surface area (Å²) in [7, 11) is 1.37. The van der Waals surface area contributed by atoms with Gasteiger partial charge in [-0.2, -0.15) is 0 Å². The van der Waals surface area contributed by atoms with Crippen molar-refractivity contribution < 1.29 is 14.5 Å². The lowest BCUT2D eigenvalue weighted by molar-refractivity contribution is -0.384. The Morgan fingerprint density at radius 2 is 1.87 bits per heavy atom. The highest BCUT2D eigenvalue weighted by Gasteiger charge is 2.33. The highest BCUT2D eigenvalue weighted by atomic mass is 16.6. The molecule has 0 aliphatic carbocycles. The number of fused-ring (bicyclic) bond motifs is 1. The van der Waals surface area contributed by atoms with Crippen molar-refractivity contribution in [3.05, 3.63) is 75.3 Å². The number of methoxy groups -OCH3 is 1. The number of ether oxygens (including phenoxy) is 1. The van der Waals surface area contributed by atoms with Gasteiger partial charge in [0.1, 0.15) is 6.04 Å². The predicted octanol–water partition coefficient (Wildman–Crippen LogP) is 2.82. The van der Waals surface area contributed by atoms with Crippen LogP contribution in [0.1, 0.15) is 22.7 Å². The van der Waals surface area contributed by atoms with E-state index in [2.05, 4.69) is 0 Å². The molecule has 0 N–H and O–H groups in total. The first-order chi connectivity index (χ1) is 11.1. The summed E-state index contributed by atoms with van der Waals surface area (Å²) in [4.78, 5) is 24.7. The molecule has 1 heterocycles. The second-order valence-electron chi connectivity index (χ2n) is 5.45. The zero-order valence-electron chi connectivity index (χ0n) is 12.6. The number of nitro benzene ring substituents is 1. The molecular weight excluding hydrogens is 296 g/mol. The Morgan fingerprint density at radius 3 is 2.52 bits per heavy atom. The number of esters is 1. The van der Waals surface area contributed by atoms with Crippen molar-refractivity contribution in [2.75, 3.05) is 7.11 Å². The van der Waals surface area contributed by atoms with Crippen LogP contribution in [0.25, 0.3) is 0 Å². The van der Waals surface area contributed by atoms with Crippen molar-refractivity contribution in [2.45, 2.75) is 19.1 Å². The average molecular weight is 312 g/mol. The van der Waals surface area contributed by atoms with E-state index in [1.165, 1.54) is 13.2 Å². The number of hydrogen-bond donors (Lipinski definition) is 0. The maximum Gasteiger partial charge on any atom is 0.327 e. The molecule has 1 aliphatic rings. The zero-order valence-corrected chi connectivity index (χ0v) is 12.6. The lowest BCUT2D eigenvalue weighted by Gasteiger charge is -2.25. The SMILES string of the molecule is COC(=O)[C@H](c1ccccc1)N1Cc2ccc([N+](=O)[O-])cc2C1. The van der Waals surface area contributed by atoms with Crippen molar-refractivity contribution in [3.8, 4) is 0 Å². The first kappa shape index (κ1) is 15.2. The molecule has 2 aromatic carbocycles. The normalized spacial score (nSPS) is 15.0. The highest BCUT2D eigenvalue weighted by molar-refractivity contribution is 5.77. The fraction of sp³-hybridized carbons (Fsp3) is 0.235. The minimum atomic E-state index is -0.521. The van der Waals surface area contributed by atoms with Crippen LogP contribution in [0.2, 0.25) is 0 Å². The third-order valence-corrected chi connectivity index (χ3v) is 4.05. The van der Waals surface area contributed by atoms with Gasteiger partial charge in [0.2, 0.25) is 0 Å². The van der Waals surface area contributed by atoms with Crippen LogP contribution in [0.4, 0.5) is 5.69 Å². The number of carbonyl (C=O) groups is 1. The minimum absolute atomic E-state index is 0.0694. The molecule has 118 valence electrons. The van der Waals surface area contributed by atoms with Gasteiger partial charge in [0.05, 0.1) is 12.0 Å². The first-order valence-corrected chi connectivity index (χ1v) is 7.23. The van der Waals surface area contributed by atoms with Crippen LogP contribution >= 0.6 is 0 Å². The van der Waals surface area contributed by atoms with E-state index in [1.54, 1.807) is 12.1 Å². The summed E-state index contributed by atoms with van der Waals surface area (Å²) in [6.07, 6.45) is 0. The minimum Gasteiger partial charge on any atom is -0.468 e. The quantitative estimate of drug-likeness (QED) is 0.493. The van der Waals surface area contributed by atoms with E-state index in [4.69, 9.17) is 4.74 Å². The number of carbonyl (C=O) groups excluding carboxylic acids is 1. The van der Waals surface area contributed by atoms with Gasteiger partial charge in [0, 0.05) is 25.2 Å². The summed E-state index contributed by atoms with van der Waals surface area (Å²) in [6, 6.07) is 13.7. The first-order valence-electron chi connectivity index (χ1n) is 7.23. The van der Waals surface area contributed by atoms with Gasteiger partial charge in [-0.1, -0.05) is 36.4 Å². The lowest BCUT2D eigenvalue weighted by Crippen LogP contribution is -2.30. The molecular formula is C17H16N2O4. The maximum absolute atomic E-state index is 12.3. The molecule has 6 heteroatoms. The van der Waals surface area contributed by atoms with Gasteiger partial charge in [-0.3, -0.25) is 15.0 Å². The van der Waals surface area contributed by atoms with Crippen molar-refractivity contribution >= 4 is 11.7 Å². The number of hydrogen-bond acceptors (Lipinski definition) is 5. The monoisotopic (exact) mass is 312 g/mol. The van der Waals surface area contributed by atoms with Crippen LogP contribution in [-0.2, 0) is 22.6 Å². The number of rotatable bonds is 4. The van der Waals surface area contributed by atoms with Crippen LogP contribution in [-0.4, -0.2) is 22.9 Å². The van der Waals surface area contributed by atoms with E-state index in [0.29, 0.717) is 13.1 Å². The number of non-ortho nitro benzene ring substituents is 1. The van der Waals surface area contributed by atoms with E-state index in [-0.39, 0.29) is 11.7 Å². The van der Waals surface area contributed by atoms with E-state index in [1.807, 2.05) is 35.2 Å². The van der Waals surface area contributed by atoms with Gasteiger partial charge in [0.25, 0.3) is 5.69 Å². The zero-order chi connectivity index (χ0) is 16.4. The van der Waals surface area contributed by atoms with Crippen LogP contribution in [0, 0.1) is 10.1 Å². The van der Waals surface area contributed by atoms with Crippen LogP contribution < -0.4 is 0 Å². The summed E-state index contributed by atoms with van der Waals surface area (Å²) in [5.74, 6) is -0.335. The van der Waals surface area contributed by atoms with Crippen molar-refractivity contribution in [2.24, 2.45) is 0 Å². The molecule has 23 heavy (non-hydrogen) atoms. The third kappa shape index (κ3) is 2.93. The van der Waals surface area contributed by atoms with Crippen molar-refractivity contribution in [3.63, 3.8) is 0 Å². The topological polar surface area (TPSA) is 72.7 Å². The van der Waals surface area contributed by atoms with Crippen molar-refractivity contribution in [1.29, 1.82) is 0 Å². The van der Waals surface area contributed by atoms with E-state index >= 15 is 0 Å². The predicted molar refractivity (Wildman–Crippen MR) is 83.5 cm³/mol. The maximum atomic E-state index is 12.3. The third-order valence-electron chi connectivity index (χ3n) is 4.05. The molecule has 0 amide bonds. The smallest absolute Gasteiger partial charge is 0.327 e. The van der Waals surface area contributed by atoms with Crippen molar-refractivity contribution in [1.82, 2.24) is 4.90 Å². The van der Waals surface area contributed by atoms with Crippen LogP contribution in [0.3, 0.4) is 0 Å². The molecule has 0 saturated carbocycles. The Kier molecular flexibility index (Phi) is 4.08. The van der Waals surface area contributed by atoms with E-state index in [9.17, 15) is 14.9 Å². The standard InChI is InChI=1S/C17H16N2O4/c1-23-17(20)16(12-5-3-2-4-6-12)18-10-13-7-8-15(19(21)22)9-14(13)11-18/h2-9,16H,10-11H2,1H3/t16-/m0/s1. The second kappa shape index (κ2) is 6.18. The molecule has 1 atom stereocenters. The van der Waals surface area contributed by atoms with E-state index < -0.39 is 11.0 Å². The van der Waals surface area contributed by atoms with Gasteiger partial charge in [-0.15, -0.1) is 0 Å². The molecule has 6 nitrogen and oxygen atoms in total. The Bertz CT molecular complexity index is 746. The molecule has 0 radical (unpaired) electrons. The molecule has 0 unspecified atom stereocenters. The average Bonchev–Trinajstić information content (AvgIpc) is 2.98. The van der Waals surface area contributed by atoms with Gasteiger partial charge >= 0.3 is 5.97 Å². The lowest BCUT2D eigenvalue weighted by atomic mass is 10.1. The number of nitrogens with zero attached hydrogens (tertiary/aromatic N) is 2. The fourth-order valence-electron chi connectivity index (χ4n) is 2.95. The summed E-state index contributed by atoms with van der Waals surface area (Å²) in [5, 5.41) is 10.9. The summed E-state index contributed by atoms with van der Waals surface area (Å²) >= 11 is 0. The summed E-state index contributed by atoms with van der Waals surface area (Å²) in [5.41, 5.74) is 2.80. The molecule has 0 saturated heterocycles. The van der Waals surface area contributed by atoms with Gasteiger partial charge < -0.3 is 4.74 Å². The van der Waals surface area contributed by atoms with E-state index in [0.717, 1.165) is 16.7 Å². The molecule has 0 aromatic heterocycles. The second-order valence-corrected chi connectivity index (χ2v) is 5.45. The highest BCUT2D eigenvalue weighted by Crippen LogP contribution is 2.33. The molecule has 0 spiro atoms. The number of nitro groups is 1. The van der Waals surface area contributed by atoms with Gasteiger partial charge in [-0.05, 0) is 16.7 Å².